The quantitative estimate of drug-likeness (QED) is 0.219. The lowest BCUT2D eigenvalue weighted by molar-refractivity contribution is -0.135. The summed E-state index contributed by atoms with van der Waals surface area (Å²) < 4.78 is 0. The zero-order valence-electron chi connectivity index (χ0n) is 21.2. The topological polar surface area (TPSA) is 59.9 Å². The Bertz CT molecular complexity index is 878. The first-order valence-electron chi connectivity index (χ1n) is 13.6. The molecule has 4 heteroatoms. The highest BCUT2D eigenvalue weighted by Crippen LogP contribution is 2.35. The maximum absolute atomic E-state index is 13.7. The van der Waals surface area contributed by atoms with Crippen LogP contribution in [0.4, 0.5) is 0 Å². The largest absolute Gasteiger partial charge is 0.299 e. The Labute approximate surface area is 206 Å². The zero-order valence-corrected chi connectivity index (χ0v) is 21.2. The van der Waals surface area contributed by atoms with Crippen LogP contribution in [0, 0.1) is 11.8 Å². The molecule has 3 atom stereocenters. The molecule has 0 bridgehead atoms. The van der Waals surface area contributed by atoms with Crippen LogP contribution < -0.4 is 0 Å². The van der Waals surface area contributed by atoms with Gasteiger partial charge in [0.25, 0.3) is 0 Å². The zero-order chi connectivity index (χ0) is 24.2. The Morgan fingerprint density at radius 1 is 0.912 bits per heavy atom. The Morgan fingerprint density at radius 2 is 1.59 bits per heavy atom. The number of aryl methyl sites for hydroxylation is 1. The number of benzene rings is 1. The summed E-state index contributed by atoms with van der Waals surface area (Å²) >= 11 is 0. The molecule has 3 rings (SSSR count). The second-order valence-corrected chi connectivity index (χ2v) is 10.0. The molecule has 0 aliphatic heterocycles. The van der Waals surface area contributed by atoms with Crippen LogP contribution in [-0.4, -0.2) is 21.5 Å². The Morgan fingerprint density at radius 3 is 2.26 bits per heavy atom. The third-order valence-corrected chi connectivity index (χ3v) is 7.27. The molecule has 3 unspecified atom stereocenters. The molecule has 0 amide bonds. The summed E-state index contributed by atoms with van der Waals surface area (Å²) in [5.41, 5.74) is 1.98. The lowest BCUT2D eigenvalue weighted by Gasteiger charge is -2.29. The van der Waals surface area contributed by atoms with E-state index in [-0.39, 0.29) is 11.6 Å². The number of hydrogen-bond donors (Lipinski definition) is 0. The van der Waals surface area contributed by atoms with Crippen molar-refractivity contribution in [3.8, 4) is 0 Å². The summed E-state index contributed by atoms with van der Waals surface area (Å²) in [4.78, 5) is 36.1. The molecule has 184 valence electrons. The van der Waals surface area contributed by atoms with Crippen molar-refractivity contribution >= 4 is 11.6 Å². The summed E-state index contributed by atoms with van der Waals surface area (Å²) in [7, 11) is 0. The van der Waals surface area contributed by atoms with E-state index in [2.05, 4.69) is 23.8 Å². The highest BCUT2D eigenvalue weighted by atomic mass is 16.2. The smallest absolute Gasteiger partial charge is 0.158 e. The monoisotopic (exact) mass is 462 g/mol. The molecule has 0 radical (unpaired) electrons. The fourth-order valence-corrected chi connectivity index (χ4v) is 5.19. The maximum Gasteiger partial charge on any atom is 0.158 e. The van der Waals surface area contributed by atoms with Gasteiger partial charge in [0.15, 0.2) is 5.78 Å². The molecular formula is C30H42N2O2. The van der Waals surface area contributed by atoms with Crippen molar-refractivity contribution in [1.29, 1.82) is 0 Å². The van der Waals surface area contributed by atoms with Crippen LogP contribution in [0.5, 0.6) is 0 Å². The van der Waals surface area contributed by atoms with Gasteiger partial charge in [-0.15, -0.1) is 0 Å². The molecule has 0 N–H and O–H groups in total. The van der Waals surface area contributed by atoms with E-state index >= 15 is 0 Å². The van der Waals surface area contributed by atoms with Gasteiger partial charge in [0.2, 0.25) is 0 Å². The second kappa shape index (κ2) is 14.1. The average Bonchev–Trinajstić information content (AvgIpc) is 2.86. The summed E-state index contributed by atoms with van der Waals surface area (Å²) in [5.74, 6) is -0.0728. The number of Topliss-reactive ketones (excluding diaryl/α,β-unsaturated/α-hetero) is 2. The number of aromatic nitrogens is 2. The van der Waals surface area contributed by atoms with Gasteiger partial charge in [-0.3, -0.25) is 9.59 Å². The molecule has 0 saturated heterocycles. The molecule has 1 heterocycles. The van der Waals surface area contributed by atoms with Crippen LogP contribution >= 0.6 is 0 Å². The van der Waals surface area contributed by atoms with Crippen LogP contribution in [0.3, 0.4) is 0 Å². The molecule has 1 fully saturated rings. The van der Waals surface area contributed by atoms with Gasteiger partial charge in [-0.25, -0.2) is 9.97 Å². The molecule has 4 nitrogen and oxygen atoms in total. The van der Waals surface area contributed by atoms with Crippen molar-refractivity contribution in [2.45, 2.75) is 103 Å². The molecule has 2 aromatic rings. The third kappa shape index (κ3) is 7.58. The minimum Gasteiger partial charge on any atom is -0.299 e. The van der Waals surface area contributed by atoms with E-state index in [1.807, 2.05) is 42.7 Å². The van der Waals surface area contributed by atoms with Crippen LogP contribution in [0.25, 0.3) is 0 Å². The SMILES string of the molecule is CCCCCCCC1CCC(C(=O)C(c2ccccc2)c2ncc(CCCCC)cn2)C(=O)C1. The number of ketones is 2. The van der Waals surface area contributed by atoms with Crippen molar-refractivity contribution < 1.29 is 9.59 Å². The fraction of sp³-hybridized carbons (Fsp3) is 0.600. The summed E-state index contributed by atoms with van der Waals surface area (Å²) in [6.45, 7) is 4.42. The predicted octanol–water partition coefficient (Wildman–Crippen LogP) is 7.26. The first-order chi connectivity index (χ1) is 16.6. The van der Waals surface area contributed by atoms with Crippen LogP contribution in [0.1, 0.15) is 114 Å². The summed E-state index contributed by atoms with van der Waals surface area (Å²) in [6, 6.07) is 9.72. The van der Waals surface area contributed by atoms with Gasteiger partial charge >= 0.3 is 0 Å². The Hall–Kier alpha value is -2.36. The van der Waals surface area contributed by atoms with Gasteiger partial charge in [-0.05, 0) is 42.7 Å². The standard InChI is InChI=1S/C30H42N2O2/c1-3-5-7-8-11-14-23-18-19-26(27(33)20-23)29(34)28(25-16-12-9-13-17-25)30-31-21-24(22-32-30)15-10-6-4-2/h9,12-13,16-17,21-23,26,28H,3-8,10-11,14-15,18-20H2,1-2H3. The third-order valence-electron chi connectivity index (χ3n) is 7.27. The van der Waals surface area contributed by atoms with E-state index in [1.54, 1.807) is 0 Å². The lowest BCUT2D eigenvalue weighted by atomic mass is 9.73. The van der Waals surface area contributed by atoms with E-state index in [0.717, 1.165) is 36.8 Å². The van der Waals surface area contributed by atoms with Gasteiger partial charge in [0.05, 0.1) is 5.92 Å². The van der Waals surface area contributed by atoms with E-state index in [4.69, 9.17) is 0 Å². The molecule has 1 saturated carbocycles. The summed E-state index contributed by atoms with van der Waals surface area (Å²) in [5, 5.41) is 0. The van der Waals surface area contributed by atoms with Crippen LogP contribution in [0.15, 0.2) is 42.7 Å². The number of unbranched alkanes of at least 4 members (excludes halogenated alkanes) is 6. The number of nitrogens with zero attached hydrogens (tertiary/aromatic N) is 2. The fourth-order valence-electron chi connectivity index (χ4n) is 5.19. The van der Waals surface area contributed by atoms with Crippen molar-refractivity contribution in [2.24, 2.45) is 11.8 Å². The molecule has 34 heavy (non-hydrogen) atoms. The van der Waals surface area contributed by atoms with Crippen LogP contribution in [-0.2, 0) is 16.0 Å². The van der Waals surface area contributed by atoms with Gasteiger partial charge in [-0.2, -0.15) is 0 Å². The van der Waals surface area contributed by atoms with Gasteiger partial charge in [0.1, 0.15) is 17.5 Å². The van der Waals surface area contributed by atoms with Crippen molar-refractivity contribution in [3.05, 3.63) is 59.7 Å². The predicted molar refractivity (Wildman–Crippen MR) is 138 cm³/mol. The number of hydrogen-bond acceptors (Lipinski definition) is 4. The minimum absolute atomic E-state index is 0.0312. The van der Waals surface area contributed by atoms with Crippen molar-refractivity contribution in [3.63, 3.8) is 0 Å². The maximum atomic E-state index is 13.7. The Kier molecular flexibility index (Phi) is 10.9. The average molecular weight is 463 g/mol. The minimum atomic E-state index is -0.578. The highest BCUT2D eigenvalue weighted by molar-refractivity contribution is 6.06. The van der Waals surface area contributed by atoms with Gasteiger partial charge in [-0.1, -0.05) is 95.5 Å². The second-order valence-electron chi connectivity index (χ2n) is 10.0. The van der Waals surface area contributed by atoms with E-state index in [9.17, 15) is 9.59 Å². The van der Waals surface area contributed by atoms with E-state index < -0.39 is 11.8 Å². The first-order valence-corrected chi connectivity index (χ1v) is 13.6. The van der Waals surface area contributed by atoms with Gasteiger partial charge in [0, 0.05) is 18.8 Å². The molecule has 1 aliphatic rings. The van der Waals surface area contributed by atoms with E-state index in [0.29, 0.717) is 24.6 Å². The number of carbonyl (C=O) groups excluding carboxylic acids is 2. The molecule has 1 aliphatic carbocycles. The van der Waals surface area contributed by atoms with Crippen molar-refractivity contribution in [1.82, 2.24) is 9.97 Å². The van der Waals surface area contributed by atoms with E-state index in [1.165, 1.54) is 44.9 Å². The molecule has 0 spiro atoms. The first kappa shape index (κ1) is 26.2. The Balaban J connectivity index is 1.68. The molecular weight excluding hydrogens is 420 g/mol. The normalized spacial score (nSPS) is 19.2. The van der Waals surface area contributed by atoms with Crippen molar-refractivity contribution in [2.75, 3.05) is 0 Å². The van der Waals surface area contributed by atoms with Crippen LogP contribution in [0.2, 0.25) is 0 Å². The number of carbonyl (C=O) groups is 2. The summed E-state index contributed by atoms with van der Waals surface area (Å²) in [6.07, 6.45) is 17.7. The lowest BCUT2D eigenvalue weighted by Crippen LogP contribution is -2.35. The number of rotatable bonds is 14. The molecule has 1 aromatic heterocycles. The molecule has 1 aromatic carbocycles. The van der Waals surface area contributed by atoms with Gasteiger partial charge < -0.3 is 0 Å². The highest BCUT2D eigenvalue weighted by Gasteiger charge is 2.38.